The van der Waals surface area contributed by atoms with Gasteiger partial charge in [-0.05, 0) is 19.4 Å². The number of carbonyl (C=O) groups excluding carboxylic acids is 1. The molecule has 1 fully saturated rings. The van der Waals surface area contributed by atoms with E-state index in [1.54, 1.807) is 18.5 Å². The van der Waals surface area contributed by atoms with E-state index in [9.17, 15) is 4.79 Å². The minimum atomic E-state index is -0.0402. The first-order valence-electron chi connectivity index (χ1n) is 6.78. The molecular formula is C14H18N4O2. The molecule has 2 aromatic rings. The van der Waals surface area contributed by atoms with Crippen LogP contribution in [0.4, 0.5) is 0 Å². The zero-order chi connectivity index (χ0) is 13.9. The Morgan fingerprint density at radius 3 is 3.20 bits per heavy atom. The van der Waals surface area contributed by atoms with Gasteiger partial charge in [0.05, 0.1) is 17.9 Å². The largest absolute Gasteiger partial charge is 0.373 e. The van der Waals surface area contributed by atoms with Gasteiger partial charge in [-0.1, -0.05) is 0 Å². The molecular weight excluding hydrogens is 256 g/mol. The molecule has 20 heavy (non-hydrogen) atoms. The molecule has 1 aliphatic rings. The lowest BCUT2D eigenvalue weighted by Crippen LogP contribution is -2.30. The Morgan fingerprint density at radius 2 is 2.50 bits per heavy atom. The van der Waals surface area contributed by atoms with Crippen LogP contribution in [0.2, 0.25) is 0 Å². The molecule has 2 aromatic heterocycles. The maximum atomic E-state index is 12.1. The number of ether oxygens (including phenoxy) is 1. The van der Waals surface area contributed by atoms with E-state index in [0.29, 0.717) is 12.1 Å². The second kappa shape index (κ2) is 5.50. The number of hydrogen-bond donors (Lipinski definition) is 3. The SMILES string of the molecule is Cc1[nH]ccc1C(=O)NC[C@H]1CCO[C@@H]1c1cn[nH]c1. The second-order valence-corrected chi connectivity index (χ2v) is 5.10. The molecule has 106 valence electrons. The van der Waals surface area contributed by atoms with Gasteiger partial charge in [0.25, 0.3) is 5.91 Å². The summed E-state index contributed by atoms with van der Waals surface area (Å²) in [5.74, 6) is 0.248. The van der Waals surface area contributed by atoms with E-state index in [0.717, 1.165) is 24.3 Å². The van der Waals surface area contributed by atoms with Crippen LogP contribution in [-0.4, -0.2) is 34.2 Å². The van der Waals surface area contributed by atoms with E-state index in [-0.39, 0.29) is 17.9 Å². The third-order valence-corrected chi connectivity index (χ3v) is 3.79. The van der Waals surface area contributed by atoms with Crippen LogP contribution in [0, 0.1) is 12.8 Å². The number of amides is 1. The van der Waals surface area contributed by atoms with Crippen molar-refractivity contribution in [1.29, 1.82) is 0 Å². The van der Waals surface area contributed by atoms with Gasteiger partial charge < -0.3 is 15.0 Å². The molecule has 3 heterocycles. The topological polar surface area (TPSA) is 82.8 Å². The molecule has 0 unspecified atom stereocenters. The standard InChI is InChI=1S/C14H18N4O2/c1-9-12(2-4-15-9)14(19)16-6-10-3-5-20-13(10)11-7-17-18-8-11/h2,4,7-8,10,13,15H,3,5-6H2,1H3,(H,16,19)(H,17,18)/t10-,13+/m1/s1. The number of hydrogen-bond acceptors (Lipinski definition) is 3. The molecule has 2 atom stereocenters. The second-order valence-electron chi connectivity index (χ2n) is 5.10. The first-order valence-corrected chi connectivity index (χ1v) is 6.78. The fraction of sp³-hybridized carbons (Fsp3) is 0.429. The summed E-state index contributed by atoms with van der Waals surface area (Å²) >= 11 is 0. The Hall–Kier alpha value is -2.08. The third-order valence-electron chi connectivity index (χ3n) is 3.79. The summed E-state index contributed by atoms with van der Waals surface area (Å²) in [5.41, 5.74) is 2.62. The van der Waals surface area contributed by atoms with Crippen LogP contribution in [0.3, 0.4) is 0 Å². The molecule has 3 N–H and O–H groups in total. The number of nitrogens with zero attached hydrogens (tertiary/aromatic N) is 1. The summed E-state index contributed by atoms with van der Waals surface area (Å²) in [6, 6.07) is 1.80. The fourth-order valence-corrected chi connectivity index (χ4v) is 2.65. The van der Waals surface area contributed by atoms with Gasteiger partial charge >= 0.3 is 0 Å². The fourth-order valence-electron chi connectivity index (χ4n) is 2.65. The molecule has 0 radical (unpaired) electrons. The van der Waals surface area contributed by atoms with Gasteiger partial charge in [0.2, 0.25) is 0 Å². The van der Waals surface area contributed by atoms with E-state index in [1.807, 2.05) is 13.1 Å². The molecule has 0 spiro atoms. The average molecular weight is 274 g/mol. The van der Waals surface area contributed by atoms with Gasteiger partial charge in [0, 0.05) is 42.7 Å². The number of aryl methyl sites for hydroxylation is 1. The van der Waals surface area contributed by atoms with Crippen LogP contribution in [0.1, 0.15) is 34.1 Å². The van der Waals surface area contributed by atoms with E-state index in [4.69, 9.17) is 4.74 Å². The molecule has 3 rings (SSSR count). The highest BCUT2D eigenvalue weighted by atomic mass is 16.5. The van der Waals surface area contributed by atoms with E-state index in [2.05, 4.69) is 20.5 Å². The molecule has 1 saturated heterocycles. The van der Waals surface area contributed by atoms with Crippen molar-refractivity contribution < 1.29 is 9.53 Å². The highest BCUT2D eigenvalue weighted by Crippen LogP contribution is 2.33. The normalized spacial score (nSPS) is 22.1. The van der Waals surface area contributed by atoms with Crippen LogP contribution in [0.15, 0.2) is 24.7 Å². The number of carbonyl (C=O) groups is 1. The maximum absolute atomic E-state index is 12.1. The summed E-state index contributed by atoms with van der Waals surface area (Å²) in [5, 5.41) is 9.74. The first-order chi connectivity index (χ1) is 9.75. The molecule has 0 bridgehead atoms. The van der Waals surface area contributed by atoms with Gasteiger partial charge in [0.1, 0.15) is 0 Å². The van der Waals surface area contributed by atoms with Gasteiger partial charge in [0.15, 0.2) is 0 Å². The highest BCUT2D eigenvalue weighted by Gasteiger charge is 2.30. The molecule has 0 saturated carbocycles. The number of aromatic amines is 2. The van der Waals surface area contributed by atoms with Crippen molar-refractivity contribution in [3.05, 3.63) is 41.5 Å². The summed E-state index contributed by atoms with van der Waals surface area (Å²) in [6.45, 7) is 3.22. The Bertz CT molecular complexity index is 576. The van der Waals surface area contributed by atoms with E-state index < -0.39 is 0 Å². The first kappa shape index (κ1) is 12.9. The predicted octanol–water partition coefficient (Wildman–Crippen LogP) is 1.55. The van der Waals surface area contributed by atoms with Gasteiger partial charge in [-0.25, -0.2) is 0 Å². The Kier molecular flexibility index (Phi) is 3.56. The molecule has 6 heteroatoms. The van der Waals surface area contributed by atoms with Crippen LogP contribution in [0.5, 0.6) is 0 Å². The predicted molar refractivity (Wildman–Crippen MR) is 73.3 cm³/mol. The lowest BCUT2D eigenvalue weighted by atomic mass is 9.97. The summed E-state index contributed by atoms with van der Waals surface area (Å²) in [6.07, 6.45) is 6.36. The van der Waals surface area contributed by atoms with Crippen molar-refractivity contribution in [3.63, 3.8) is 0 Å². The summed E-state index contributed by atoms with van der Waals surface area (Å²) in [7, 11) is 0. The maximum Gasteiger partial charge on any atom is 0.253 e. The zero-order valence-corrected chi connectivity index (χ0v) is 11.3. The number of H-pyrrole nitrogens is 2. The van der Waals surface area contributed by atoms with Crippen LogP contribution >= 0.6 is 0 Å². The summed E-state index contributed by atoms with van der Waals surface area (Å²) in [4.78, 5) is 15.1. The zero-order valence-electron chi connectivity index (χ0n) is 11.3. The van der Waals surface area contributed by atoms with Gasteiger partial charge in [-0.3, -0.25) is 9.89 Å². The highest BCUT2D eigenvalue weighted by molar-refractivity contribution is 5.95. The number of nitrogens with one attached hydrogen (secondary N) is 3. The van der Waals surface area contributed by atoms with Crippen molar-refractivity contribution in [1.82, 2.24) is 20.5 Å². The van der Waals surface area contributed by atoms with Gasteiger partial charge in [-0.15, -0.1) is 0 Å². The van der Waals surface area contributed by atoms with Crippen molar-refractivity contribution in [2.24, 2.45) is 5.92 Å². The number of aromatic nitrogens is 3. The van der Waals surface area contributed by atoms with Crippen molar-refractivity contribution in [2.45, 2.75) is 19.4 Å². The molecule has 1 amide bonds. The Balaban J connectivity index is 1.61. The molecule has 0 aromatic carbocycles. The molecule has 6 nitrogen and oxygen atoms in total. The van der Waals surface area contributed by atoms with Crippen molar-refractivity contribution in [2.75, 3.05) is 13.2 Å². The third kappa shape index (κ3) is 2.46. The van der Waals surface area contributed by atoms with Gasteiger partial charge in [-0.2, -0.15) is 5.10 Å². The van der Waals surface area contributed by atoms with Crippen molar-refractivity contribution in [3.8, 4) is 0 Å². The van der Waals surface area contributed by atoms with E-state index in [1.165, 1.54) is 0 Å². The van der Waals surface area contributed by atoms with E-state index >= 15 is 0 Å². The van der Waals surface area contributed by atoms with Crippen LogP contribution in [0.25, 0.3) is 0 Å². The monoisotopic (exact) mass is 274 g/mol. The Labute approximate surface area is 116 Å². The smallest absolute Gasteiger partial charge is 0.253 e. The van der Waals surface area contributed by atoms with Crippen molar-refractivity contribution >= 4 is 5.91 Å². The minimum absolute atomic E-state index is 0.0152. The lowest BCUT2D eigenvalue weighted by molar-refractivity contribution is 0.0846. The van der Waals surface area contributed by atoms with Crippen LogP contribution in [-0.2, 0) is 4.74 Å². The minimum Gasteiger partial charge on any atom is -0.373 e. The number of rotatable bonds is 4. The quantitative estimate of drug-likeness (QED) is 0.791. The lowest BCUT2D eigenvalue weighted by Gasteiger charge is -2.17. The Morgan fingerprint density at radius 1 is 1.60 bits per heavy atom. The molecule has 1 aliphatic heterocycles. The average Bonchev–Trinajstić information content (AvgIpc) is 3.16. The molecule has 0 aliphatic carbocycles. The van der Waals surface area contributed by atoms with Crippen LogP contribution < -0.4 is 5.32 Å². The summed E-state index contributed by atoms with van der Waals surface area (Å²) < 4.78 is 5.74.